The summed E-state index contributed by atoms with van der Waals surface area (Å²) in [7, 11) is 0. The molecule has 0 bridgehead atoms. The summed E-state index contributed by atoms with van der Waals surface area (Å²) in [4.78, 5) is 27.8. The van der Waals surface area contributed by atoms with Gasteiger partial charge in [-0.15, -0.1) is 0 Å². The summed E-state index contributed by atoms with van der Waals surface area (Å²) < 4.78 is 4.88. The molecule has 0 aliphatic rings. The first-order valence-corrected chi connectivity index (χ1v) is 4.38. The standard InChI is InChI=1S/C10H6N2O3/c13-8-1-2-11-6-4-9-7(3-5(6)8)12-10(14)15-9/h1-4H,(H,11,13)(H,12,14). The molecular weight excluding hydrogens is 196 g/mol. The Morgan fingerprint density at radius 3 is 2.87 bits per heavy atom. The monoisotopic (exact) mass is 202 g/mol. The van der Waals surface area contributed by atoms with Crippen molar-refractivity contribution in [1.29, 1.82) is 0 Å². The Kier molecular flexibility index (Phi) is 1.39. The van der Waals surface area contributed by atoms with E-state index in [1.54, 1.807) is 18.3 Å². The number of aromatic nitrogens is 2. The summed E-state index contributed by atoms with van der Waals surface area (Å²) in [6.45, 7) is 0. The van der Waals surface area contributed by atoms with Crippen LogP contribution in [0.2, 0.25) is 0 Å². The fourth-order valence-electron chi connectivity index (χ4n) is 1.62. The van der Waals surface area contributed by atoms with Crippen molar-refractivity contribution in [2.75, 3.05) is 0 Å². The normalized spacial score (nSPS) is 11.2. The van der Waals surface area contributed by atoms with Crippen LogP contribution in [0.25, 0.3) is 22.0 Å². The first-order chi connectivity index (χ1) is 7.24. The second-order valence-electron chi connectivity index (χ2n) is 3.25. The Bertz CT molecular complexity index is 763. The van der Waals surface area contributed by atoms with E-state index in [1.165, 1.54) is 6.07 Å². The molecule has 0 radical (unpaired) electrons. The number of oxazole rings is 1. The van der Waals surface area contributed by atoms with E-state index in [0.29, 0.717) is 22.0 Å². The second-order valence-corrected chi connectivity index (χ2v) is 3.25. The first-order valence-electron chi connectivity index (χ1n) is 4.38. The van der Waals surface area contributed by atoms with Gasteiger partial charge in [0.25, 0.3) is 0 Å². The lowest BCUT2D eigenvalue weighted by atomic mass is 10.2. The Hall–Kier alpha value is -2.30. The minimum Gasteiger partial charge on any atom is -0.408 e. The molecule has 0 aliphatic carbocycles. The Balaban J connectivity index is 2.63. The zero-order chi connectivity index (χ0) is 10.4. The van der Waals surface area contributed by atoms with Gasteiger partial charge < -0.3 is 9.40 Å². The number of fused-ring (bicyclic) bond motifs is 2. The predicted octanol–water partition coefficient (Wildman–Crippen LogP) is 0.963. The molecule has 0 amide bonds. The van der Waals surface area contributed by atoms with Gasteiger partial charge in [0.2, 0.25) is 0 Å². The van der Waals surface area contributed by atoms with Crippen molar-refractivity contribution in [3.05, 3.63) is 45.2 Å². The number of hydrogen-bond acceptors (Lipinski definition) is 3. The van der Waals surface area contributed by atoms with Crippen LogP contribution in [-0.4, -0.2) is 9.97 Å². The third-order valence-corrected chi connectivity index (χ3v) is 2.30. The van der Waals surface area contributed by atoms with Gasteiger partial charge in [-0.25, -0.2) is 4.79 Å². The summed E-state index contributed by atoms with van der Waals surface area (Å²) >= 11 is 0. The molecule has 2 N–H and O–H groups in total. The van der Waals surface area contributed by atoms with Crippen LogP contribution in [0.3, 0.4) is 0 Å². The number of H-pyrrole nitrogens is 2. The molecule has 0 saturated heterocycles. The molecule has 0 atom stereocenters. The van der Waals surface area contributed by atoms with Crippen molar-refractivity contribution in [3.8, 4) is 0 Å². The van der Waals surface area contributed by atoms with Gasteiger partial charge in [-0.2, -0.15) is 0 Å². The van der Waals surface area contributed by atoms with Gasteiger partial charge in [-0.3, -0.25) is 9.78 Å². The molecular formula is C10H6N2O3. The average molecular weight is 202 g/mol. The van der Waals surface area contributed by atoms with Crippen LogP contribution in [0.4, 0.5) is 0 Å². The van der Waals surface area contributed by atoms with Gasteiger partial charge in [-0.05, 0) is 6.07 Å². The molecule has 5 heteroatoms. The summed E-state index contributed by atoms with van der Waals surface area (Å²) in [6, 6.07) is 4.67. The molecule has 2 heterocycles. The minimum absolute atomic E-state index is 0.0901. The van der Waals surface area contributed by atoms with Crippen molar-refractivity contribution < 1.29 is 4.42 Å². The second kappa shape index (κ2) is 2.60. The van der Waals surface area contributed by atoms with Gasteiger partial charge in [-0.1, -0.05) is 0 Å². The zero-order valence-electron chi connectivity index (χ0n) is 7.53. The number of hydrogen-bond donors (Lipinski definition) is 2. The topological polar surface area (TPSA) is 78.9 Å². The SMILES string of the molecule is O=c1[nH]c2cc3c(=O)cc[nH]c3cc2o1. The third-order valence-electron chi connectivity index (χ3n) is 2.30. The molecule has 0 saturated carbocycles. The van der Waals surface area contributed by atoms with Crippen molar-refractivity contribution in [2.45, 2.75) is 0 Å². The summed E-state index contributed by atoms with van der Waals surface area (Å²) in [5.41, 5.74) is 1.53. The van der Waals surface area contributed by atoms with Crippen molar-refractivity contribution in [1.82, 2.24) is 9.97 Å². The van der Waals surface area contributed by atoms with Gasteiger partial charge in [0.05, 0.1) is 11.0 Å². The quantitative estimate of drug-likeness (QED) is 0.569. The van der Waals surface area contributed by atoms with E-state index in [-0.39, 0.29) is 5.43 Å². The molecule has 0 unspecified atom stereocenters. The highest BCUT2D eigenvalue weighted by molar-refractivity contribution is 5.91. The Morgan fingerprint density at radius 2 is 2.00 bits per heavy atom. The lowest BCUT2D eigenvalue weighted by Crippen LogP contribution is -1.99. The van der Waals surface area contributed by atoms with Gasteiger partial charge in [0.1, 0.15) is 0 Å². The van der Waals surface area contributed by atoms with Gasteiger partial charge >= 0.3 is 5.76 Å². The highest BCUT2D eigenvalue weighted by Crippen LogP contribution is 2.15. The molecule has 0 aliphatic heterocycles. The zero-order valence-corrected chi connectivity index (χ0v) is 7.53. The minimum atomic E-state index is -0.521. The van der Waals surface area contributed by atoms with Crippen LogP contribution in [-0.2, 0) is 0 Å². The molecule has 1 aromatic carbocycles. The number of benzene rings is 1. The number of aromatic amines is 2. The molecule has 2 aromatic heterocycles. The molecule has 15 heavy (non-hydrogen) atoms. The van der Waals surface area contributed by atoms with Crippen LogP contribution in [0.15, 0.2) is 38.4 Å². The van der Waals surface area contributed by atoms with E-state index in [1.807, 2.05) is 0 Å². The van der Waals surface area contributed by atoms with Gasteiger partial charge in [0.15, 0.2) is 11.0 Å². The van der Waals surface area contributed by atoms with Gasteiger partial charge in [0, 0.05) is 23.7 Å². The van der Waals surface area contributed by atoms with Crippen LogP contribution in [0.5, 0.6) is 0 Å². The number of nitrogens with one attached hydrogen (secondary N) is 2. The molecule has 3 rings (SSSR count). The molecule has 0 spiro atoms. The highest BCUT2D eigenvalue weighted by Gasteiger charge is 2.04. The Morgan fingerprint density at radius 1 is 1.13 bits per heavy atom. The molecule has 74 valence electrons. The molecule has 3 aromatic rings. The lowest BCUT2D eigenvalue weighted by Gasteiger charge is -1.95. The van der Waals surface area contributed by atoms with Crippen LogP contribution < -0.4 is 11.2 Å². The maximum absolute atomic E-state index is 11.5. The summed E-state index contributed by atoms with van der Waals surface area (Å²) in [5, 5.41) is 0.530. The van der Waals surface area contributed by atoms with Crippen LogP contribution in [0.1, 0.15) is 0 Å². The predicted molar refractivity (Wildman–Crippen MR) is 55.0 cm³/mol. The third kappa shape index (κ3) is 1.10. The molecule has 5 nitrogen and oxygen atoms in total. The highest BCUT2D eigenvalue weighted by atomic mass is 16.4. The lowest BCUT2D eigenvalue weighted by molar-refractivity contribution is 0.555. The summed E-state index contributed by atoms with van der Waals surface area (Å²) in [5.74, 6) is -0.521. The smallest absolute Gasteiger partial charge is 0.408 e. The summed E-state index contributed by atoms with van der Waals surface area (Å²) in [6.07, 6.45) is 1.56. The van der Waals surface area contributed by atoms with E-state index in [4.69, 9.17) is 4.42 Å². The van der Waals surface area contributed by atoms with E-state index in [9.17, 15) is 9.59 Å². The maximum Gasteiger partial charge on any atom is 0.417 e. The van der Waals surface area contributed by atoms with Crippen molar-refractivity contribution in [3.63, 3.8) is 0 Å². The van der Waals surface area contributed by atoms with E-state index in [2.05, 4.69) is 9.97 Å². The van der Waals surface area contributed by atoms with Crippen molar-refractivity contribution in [2.24, 2.45) is 0 Å². The fourth-order valence-corrected chi connectivity index (χ4v) is 1.62. The molecule has 0 fully saturated rings. The van der Waals surface area contributed by atoms with E-state index < -0.39 is 5.76 Å². The van der Waals surface area contributed by atoms with E-state index in [0.717, 1.165) is 0 Å². The van der Waals surface area contributed by atoms with Crippen molar-refractivity contribution >= 4 is 22.0 Å². The average Bonchev–Trinajstić information content (AvgIpc) is 2.55. The van der Waals surface area contributed by atoms with Crippen LogP contribution >= 0.6 is 0 Å². The number of rotatable bonds is 0. The maximum atomic E-state index is 11.5. The largest absolute Gasteiger partial charge is 0.417 e. The fraction of sp³-hybridized carbons (Fsp3) is 0. The number of pyridine rings is 1. The Labute approximate surface area is 82.4 Å². The van der Waals surface area contributed by atoms with E-state index >= 15 is 0 Å². The first kappa shape index (κ1) is 8.05. The van der Waals surface area contributed by atoms with Crippen LogP contribution in [0, 0.1) is 0 Å².